The van der Waals surface area contributed by atoms with Gasteiger partial charge in [-0.25, -0.2) is 17.9 Å². The molecule has 1 heterocycles. The Morgan fingerprint density at radius 2 is 1.89 bits per heavy atom. The summed E-state index contributed by atoms with van der Waals surface area (Å²) in [6.07, 6.45) is -1.03. The van der Waals surface area contributed by atoms with Crippen LogP contribution in [-0.2, 0) is 10.0 Å². The highest BCUT2D eigenvalue weighted by Crippen LogP contribution is 2.13. The van der Waals surface area contributed by atoms with Crippen molar-refractivity contribution in [2.24, 2.45) is 0 Å². The number of sulfonamides is 1. The van der Waals surface area contributed by atoms with Crippen molar-refractivity contribution in [3.63, 3.8) is 0 Å². The molecule has 5 nitrogen and oxygen atoms in total. The highest BCUT2D eigenvalue weighted by Gasteiger charge is 2.19. The molecule has 2 aromatic rings. The lowest BCUT2D eigenvalue weighted by Crippen LogP contribution is -2.32. The first kappa shape index (κ1) is 12.6. The van der Waals surface area contributed by atoms with Gasteiger partial charge in [0, 0.05) is 5.38 Å². The molecule has 0 bridgehead atoms. The second kappa shape index (κ2) is 5.19. The van der Waals surface area contributed by atoms with Crippen molar-refractivity contribution < 1.29 is 17.9 Å². The van der Waals surface area contributed by atoms with Gasteiger partial charge < -0.3 is 4.74 Å². The van der Waals surface area contributed by atoms with Crippen molar-refractivity contribution in [2.75, 3.05) is 0 Å². The molecule has 0 spiro atoms. The summed E-state index contributed by atoms with van der Waals surface area (Å²) in [5, 5.41) is 3.04. The second-order valence-corrected chi connectivity index (χ2v) is 5.73. The molecule has 1 N–H and O–H groups in total. The Balaban J connectivity index is 2.05. The predicted octanol–water partition coefficient (Wildman–Crippen LogP) is 2.23. The summed E-state index contributed by atoms with van der Waals surface area (Å²) in [6, 6.07) is 9.62. The molecule has 0 saturated heterocycles. The summed E-state index contributed by atoms with van der Waals surface area (Å²) in [4.78, 5) is 11.5. The number of ether oxygens (including phenoxy) is 1. The Morgan fingerprint density at radius 3 is 2.50 bits per heavy atom. The minimum absolute atomic E-state index is 0.0394. The molecule has 0 aliphatic carbocycles. The monoisotopic (exact) mass is 283 g/mol. The number of hydrogen-bond donors (Lipinski definition) is 1. The van der Waals surface area contributed by atoms with E-state index in [1.807, 2.05) is 4.72 Å². The SMILES string of the molecule is O=C(NS(=O)(=O)c1ccsc1)Oc1ccccc1. The summed E-state index contributed by atoms with van der Waals surface area (Å²) in [7, 11) is -3.85. The Labute approximate surface area is 108 Å². The van der Waals surface area contributed by atoms with E-state index >= 15 is 0 Å². The zero-order chi connectivity index (χ0) is 13.0. The summed E-state index contributed by atoms with van der Waals surface area (Å²) in [5.74, 6) is 0.274. The molecule has 0 saturated carbocycles. The summed E-state index contributed by atoms with van der Waals surface area (Å²) in [5.41, 5.74) is 0. The Bertz CT molecular complexity index is 620. The molecular weight excluding hydrogens is 274 g/mol. The zero-order valence-corrected chi connectivity index (χ0v) is 10.7. The summed E-state index contributed by atoms with van der Waals surface area (Å²) < 4.78 is 30.0. The third-order valence-electron chi connectivity index (χ3n) is 1.98. The van der Waals surface area contributed by atoms with Gasteiger partial charge in [0.15, 0.2) is 0 Å². The van der Waals surface area contributed by atoms with E-state index in [9.17, 15) is 13.2 Å². The van der Waals surface area contributed by atoms with E-state index in [4.69, 9.17) is 4.74 Å². The fourth-order valence-electron chi connectivity index (χ4n) is 1.19. The molecule has 0 fully saturated rings. The van der Waals surface area contributed by atoms with Crippen molar-refractivity contribution in [3.05, 3.63) is 47.2 Å². The van der Waals surface area contributed by atoms with E-state index in [1.165, 1.54) is 22.8 Å². The van der Waals surface area contributed by atoms with Gasteiger partial charge in [-0.2, -0.15) is 11.3 Å². The van der Waals surface area contributed by atoms with Gasteiger partial charge in [-0.1, -0.05) is 18.2 Å². The number of amides is 1. The van der Waals surface area contributed by atoms with Gasteiger partial charge in [-0.3, -0.25) is 0 Å². The highest BCUT2D eigenvalue weighted by atomic mass is 32.2. The molecule has 1 amide bonds. The van der Waals surface area contributed by atoms with Crippen LogP contribution < -0.4 is 9.46 Å². The number of rotatable bonds is 3. The van der Waals surface area contributed by atoms with Crippen molar-refractivity contribution in [1.29, 1.82) is 0 Å². The first-order valence-electron chi connectivity index (χ1n) is 4.90. The number of nitrogens with one attached hydrogen (secondary N) is 1. The van der Waals surface area contributed by atoms with Crippen LogP contribution in [0.1, 0.15) is 0 Å². The van der Waals surface area contributed by atoms with Crippen LogP contribution >= 0.6 is 11.3 Å². The van der Waals surface area contributed by atoms with Crippen LogP contribution in [0.5, 0.6) is 5.75 Å². The van der Waals surface area contributed by atoms with E-state index in [1.54, 1.807) is 35.7 Å². The molecule has 0 aliphatic rings. The standard InChI is InChI=1S/C11H9NO4S2/c13-11(16-9-4-2-1-3-5-9)12-18(14,15)10-6-7-17-8-10/h1-8H,(H,12,13). The van der Waals surface area contributed by atoms with Gasteiger partial charge in [0.25, 0.3) is 10.0 Å². The number of para-hydroxylation sites is 1. The highest BCUT2D eigenvalue weighted by molar-refractivity contribution is 7.90. The molecular formula is C11H9NO4S2. The lowest BCUT2D eigenvalue weighted by Gasteiger charge is -2.06. The molecule has 94 valence electrons. The second-order valence-electron chi connectivity index (χ2n) is 3.27. The van der Waals surface area contributed by atoms with Crippen molar-refractivity contribution in [3.8, 4) is 5.75 Å². The molecule has 0 radical (unpaired) electrons. The fraction of sp³-hybridized carbons (Fsp3) is 0. The van der Waals surface area contributed by atoms with Crippen LogP contribution in [0.4, 0.5) is 4.79 Å². The molecule has 0 unspecified atom stereocenters. The predicted molar refractivity (Wildman–Crippen MR) is 67.1 cm³/mol. The summed E-state index contributed by atoms with van der Waals surface area (Å²) >= 11 is 1.23. The molecule has 1 aromatic heterocycles. The number of carbonyl (C=O) groups is 1. The average molecular weight is 283 g/mol. The van der Waals surface area contributed by atoms with Gasteiger partial charge >= 0.3 is 6.09 Å². The number of thiophene rings is 1. The van der Waals surface area contributed by atoms with E-state index < -0.39 is 16.1 Å². The largest absolute Gasteiger partial charge is 0.426 e. The average Bonchev–Trinajstić information content (AvgIpc) is 2.83. The molecule has 0 atom stereocenters. The Morgan fingerprint density at radius 1 is 1.17 bits per heavy atom. The number of hydrogen-bond acceptors (Lipinski definition) is 5. The smallest absolute Gasteiger partial charge is 0.410 e. The zero-order valence-electron chi connectivity index (χ0n) is 9.07. The van der Waals surface area contributed by atoms with Gasteiger partial charge in [0.1, 0.15) is 5.75 Å². The third kappa shape index (κ3) is 3.08. The van der Waals surface area contributed by atoms with Gasteiger partial charge in [-0.15, -0.1) is 0 Å². The topological polar surface area (TPSA) is 72.5 Å². The minimum Gasteiger partial charge on any atom is -0.410 e. The molecule has 2 rings (SSSR count). The maximum Gasteiger partial charge on any atom is 0.426 e. The van der Waals surface area contributed by atoms with E-state index in [-0.39, 0.29) is 10.6 Å². The Kier molecular flexibility index (Phi) is 3.63. The van der Waals surface area contributed by atoms with Gasteiger partial charge in [-0.05, 0) is 23.6 Å². The Hall–Kier alpha value is -1.86. The fourth-order valence-corrected chi connectivity index (χ4v) is 3.09. The van der Waals surface area contributed by atoms with Crippen molar-refractivity contribution in [1.82, 2.24) is 4.72 Å². The van der Waals surface area contributed by atoms with Crippen LogP contribution in [-0.4, -0.2) is 14.5 Å². The van der Waals surface area contributed by atoms with Crippen LogP contribution in [0.15, 0.2) is 52.1 Å². The van der Waals surface area contributed by atoms with E-state index in [0.29, 0.717) is 0 Å². The maximum absolute atomic E-state index is 11.7. The van der Waals surface area contributed by atoms with Crippen LogP contribution in [0, 0.1) is 0 Å². The minimum atomic E-state index is -3.85. The van der Waals surface area contributed by atoms with Crippen molar-refractivity contribution in [2.45, 2.75) is 4.90 Å². The summed E-state index contributed by atoms with van der Waals surface area (Å²) in [6.45, 7) is 0. The van der Waals surface area contributed by atoms with Crippen LogP contribution in [0.3, 0.4) is 0 Å². The molecule has 0 aliphatic heterocycles. The molecule has 1 aromatic carbocycles. The lowest BCUT2D eigenvalue weighted by atomic mass is 10.3. The number of benzene rings is 1. The molecule has 18 heavy (non-hydrogen) atoms. The van der Waals surface area contributed by atoms with Gasteiger partial charge in [0.05, 0.1) is 4.90 Å². The number of carbonyl (C=O) groups excluding carboxylic acids is 1. The van der Waals surface area contributed by atoms with E-state index in [0.717, 1.165) is 0 Å². The van der Waals surface area contributed by atoms with Crippen LogP contribution in [0.2, 0.25) is 0 Å². The third-order valence-corrected chi connectivity index (χ3v) is 4.12. The lowest BCUT2D eigenvalue weighted by molar-refractivity contribution is 0.207. The first-order valence-corrected chi connectivity index (χ1v) is 7.32. The van der Waals surface area contributed by atoms with Crippen LogP contribution in [0.25, 0.3) is 0 Å². The normalized spacial score (nSPS) is 10.9. The van der Waals surface area contributed by atoms with E-state index in [2.05, 4.69) is 0 Å². The first-order chi connectivity index (χ1) is 8.58. The maximum atomic E-state index is 11.7. The van der Waals surface area contributed by atoms with Gasteiger partial charge in [0.2, 0.25) is 0 Å². The quantitative estimate of drug-likeness (QED) is 0.937. The van der Waals surface area contributed by atoms with Crippen molar-refractivity contribution >= 4 is 27.5 Å². The molecule has 7 heteroatoms.